The fourth-order valence-corrected chi connectivity index (χ4v) is 5.62. The maximum absolute atomic E-state index is 13.6. The van der Waals surface area contributed by atoms with E-state index in [0.29, 0.717) is 6.54 Å². The van der Waals surface area contributed by atoms with Crippen LogP contribution in [0.2, 0.25) is 0 Å². The van der Waals surface area contributed by atoms with Crippen molar-refractivity contribution in [3.63, 3.8) is 0 Å². The smallest absolute Gasteiger partial charge is 0.257 e. The molecule has 2 heterocycles. The maximum atomic E-state index is 13.6. The van der Waals surface area contributed by atoms with Crippen LogP contribution in [-0.4, -0.2) is 53.4 Å². The Morgan fingerprint density at radius 2 is 1.70 bits per heavy atom. The summed E-state index contributed by atoms with van der Waals surface area (Å²) in [4.78, 5) is 15.9. The van der Waals surface area contributed by atoms with E-state index in [2.05, 4.69) is 73.4 Å². The molecule has 2 aromatic rings. The van der Waals surface area contributed by atoms with Crippen LogP contribution >= 0.6 is 0 Å². The van der Waals surface area contributed by atoms with Crippen molar-refractivity contribution in [3.05, 3.63) is 77.4 Å². The lowest BCUT2D eigenvalue weighted by atomic mass is 9.77. The zero-order chi connectivity index (χ0) is 22.8. The van der Waals surface area contributed by atoms with Crippen molar-refractivity contribution >= 4 is 17.7 Å². The normalized spacial score (nSPS) is 29.1. The highest BCUT2D eigenvalue weighted by Gasteiger charge is 2.44. The van der Waals surface area contributed by atoms with Crippen molar-refractivity contribution in [2.45, 2.75) is 51.4 Å². The van der Waals surface area contributed by atoms with E-state index in [4.69, 9.17) is 9.84 Å². The SMILES string of the molecule is CC1CN(CC(=O)N2N=C3/C(=C\c4ccccc4)CCCC3C2c2ccccc2)CC(C)O1. The average Bonchev–Trinajstić information content (AvgIpc) is 3.21. The number of allylic oxidation sites excluding steroid dienone is 1. The van der Waals surface area contributed by atoms with Crippen LogP contribution in [0.3, 0.4) is 0 Å². The molecular formula is C28H33N3O2. The van der Waals surface area contributed by atoms with E-state index in [1.54, 1.807) is 5.01 Å². The zero-order valence-corrected chi connectivity index (χ0v) is 19.6. The van der Waals surface area contributed by atoms with E-state index < -0.39 is 0 Å². The highest BCUT2D eigenvalue weighted by molar-refractivity contribution is 6.08. The predicted molar refractivity (Wildman–Crippen MR) is 132 cm³/mol. The molecule has 33 heavy (non-hydrogen) atoms. The van der Waals surface area contributed by atoms with Gasteiger partial charge in [-0.15, -0.1) is 0 Å². The van der Waals surface area contributed by atoms with E-state index in [0.717, 1.165) is 38.1 Å². The molecular weight excluding hydrogens is 410 g/mol. The largest absolute Gasteiger partial charge is 0.373 e. The first-order chi connectivity index (χ1) is 16.1. The van der Waals surface area contributed by atoms with Gasteiger partial charge in [-0.1, -0.05) is 60.7 Å². The van der Waals surface area contributed by atoms with E-state index in [9.17, 15) is 4.79 Å². The van der Waals surface area contributed by atoms with Gasteiger partial charge in [0.05, 0.1) is 30.5 Å². The van der Waals surface area contributed by atoms with Gasteiger partial charge in [0.25, 0.3) is 5.91 Å². The molecule has 3 aliphatic rings. The minimum Gasteiger partial charge on any atom is -0.373 e. The van der Waals surface area contributed by atoms with Crippen LogP contribution < -0.4 is 0 Å². The molecule has 5 nitrogen and oxygen atoms in total. The second-order valence-corrected chi connectivity index (χ2v) is 9.61. The van der Waals surface area contributed by atoms with Crippen LogP contribution in [0.5, 0.6) is 0 Å². The number of carbonyl (C=O) groups is 1. The first kappa shape index (κ1) is 22.1. The minimum absolute atomic E-state index is 0.0379. The van der Waals surface area contributed by atoms with Gasteiger partial charge in [-0.3, -0.25) is 9.69 Å². The fraction of sp³-hybridized carbons (Fsp3) is 0.429. The Labute approximate surface area is 196 Å². The molecule has 5 heteroatoms. The first-order valence-corrected chi connectivity index (χ1v) is 12.2. The number of carbonyl (C=O) groups excluding carboxylic acids is 1. The van der Waals surface area contributed by atoms with Crippen molar-refractivity contribution in [2.75, 3.05) is 19.6 Å². The number of ether oxygens (including phenoxy) is 1. The summed E-state index contributed by atoms with van der Waals surface area (Å²) in [6, 6.07) is 20.8. The Morgan fingerprint density at radius 3 is 2.39 bits per heavy atom. The number of hydrazone groups is 1. The number of fused-ring (bicyclic) bond motifs is 1. The number of nitrogens with zero attached hydrogens (tertiary/aromatic N) is 3. The molecule has 0 N–H and O–H groups in total. The lowest BCUT2D eigenvalue weighted by Gasteiger charge is -2.36. The summed E-state index contributed by atoms with van der Waals surface area (Å²) in [7, 11) is 0. The molecule has 1 aliphatic carbocycles. The second-order valence-electron chi connectivity index (χ2n) is 9.61. The van der Waals surface area contributed by atoms with Crippen LogP contribution in [-0.2, 0) is 9.53 Å². The van der Waals surface area contributed by atoms with E-state index in [1.165, 1.54) is 16.7 Å². The van der Waals surface area contributed by atoms with Gasteiger partial charge < -0.3 is 4.74 Å². The summed E-state index contributed by atoms with van der Waals surface area (Å²) in [5, 5.41) is 6.82. The Morgan fingerprint density at radius 1 is 1.03 bits per heavy atom. The highest BCUT2D eigenvalue weighted by atomic mass is 16.5. The molecule has 0 bridgehead atoms. The molecule has 5 rings (SSSR count). The van der Waals surface area contributed by atoms with Gasteiger partial charge in [-0.25, -0.2) is 5.01 Å². The third kappa shape index (κ3) is 4.80. The zero-order valence-electron chi connectivity index (χ0n) is 19.6. The lowest BCUT2D eigenvalue weighted by molar-refractivity contribution is -0.138. The van der Waals surface area contributed by atoms with Crippen molar-refractivity contribution in [3.8, 4) is 0 Å². The van der Waals surface area contributed by atoms with Gasteiger partial charge in [-0.2, -0.15) is 5.10 Å². The molecule has 2 aromatic carbocycles. The average molecular weight is 444 g/mol. The molecule has 4 unspecified atom stereocenters. The summed E-state index contributed by atoms with van der Waals surface area (Å²) < 4.78 is 5.86. The fourth-order valence-electron chi connectivity index (χ4n) is 5.62. The summed E-state index contributed by atoms with van der Waals surface area (Å²) >= 11 is 0. The quantitative estimate of drug-likeness (QED) is 0.674. The van der Waals surface area contributed by atoms with Crippen molar-refractivity contribution < 1.29 is 9.53 Å². The van der Waals surface area contributed by atoms with Crippen LogP contribution in [0.1, 0.15) is 50.3 Å². The molecule has 1 saturated carbocycles. The topological polar surface area (TPSA) is 45.1 Å². The van der Waals surface area contributed by atoms with Crippen molar-refractivity contribution in [2.24, 2.45) is 11.0 Å². The van der Waals surface area contributed by atoms with Gasteiger partial charge in [0.2, 0.25) is 0 Å². The second kappa shape index (κ2) is 9.62. The van der Waals surface area contributed by atoms with Crippen LogP contribution in [0.25, 0.3) is 6.08 Å². The molecule has 2 fully saturated rings. The lowest BCUT2D eigenvalue weighted by Crippen LogP contribution is -2.49. The number of morpholine rings is 1. The molecule has 0 aromatic heterocycles. The first-order valence-electron chi connectivity index (χ1n) is 12.2. The molecule has 0 radical (unpaired) electrons. The summed E-state index contributed by atoms with van der Waals surface area (Å²) in [6.07, 6.45) is 5.71. The third-order valence-corrected chi connectivity index (χ3v) is 6.89. The third-order valence-electron chi connectivity index (χ3n) is 6.89. The van der Waals surface area contributed by atoms with E-state index in [-0.39, 0.29) is 30.1 Å². The van der Waals surface area contributed by atoms with Gasteiger partial charge in [0, 0.05) is 19.0 Å². The van der Waals surface area contributed by atoms with Crippen molar-refractivity contribution in [1.82, 2.24) is 9.91 Å². The number of rotatable bonds is 4. The number of benzene rings is 2. The highest BCUT2D eigenvalue weighted by Crippen LogP contribution is 2.44. The Balaban J connectivity index is 1.46. The minimum atomic E-state index is -0.0379. The maximum Gasteiger partial charge on any atom is 0.257 e. The van der Waals surface area contributed by atoms with Gasteiger partial charge >= 0.3 is 0 Å². The van der Waals surface area contributed by atoms with Crippen LogP contribution in [0.15, 0.2) is 71.3 Å². The molecule has 2 aliphatic heterocycles. The molecule has 0 spiro atoms. The standard InChI is InChI=1S/C28H33N3O2/c1-20-17-30(18-21(2)33-20)19-26(32)31-28(23-12-7-4-8-13-23)25-15-9-14-24(27(25)29-31)16-22-10-5-3-6-11-22/h3-8,10-13,16,20-21,25,28H,9,14-15,17-19H2,1-2H3/b24-16-. The number of hydrogen-bond acceptors (Lipinski definition) is 4. The molecule has 172 valence electrons. The van der Waals surface area contributed by atoms with Gasteiger partial charge in [0.1, 0.15) is 0 Å². The van der Waals surface area contributed by atoms with Gasteiger partial charge in [0.15, 0.2) is 0 Å². The van der Waals surface area contributed by atoms with E-state index in [1.807, 2.05) is 12.1 Å². The van der Waals surface area contributed by atoms with E-state index >= 15 is 0 Å². The van der Waals surface area contributed by atoms with Crippen LogP contribution in [0.4, 0.5) is 0 Å². The summed E-state index contributed by atoms with van der Waals surface area (Å²) in [5.41, 5.74) is 4.71. The molecule has 4 atom stereocenters. The predicted octanol–water partition coefficient (Wildman–Crippen LogP) is 4.92. The molecule has 1 amide bonds. The van der Waals surface area contributed by atoms with Crippen LogP contribution in [0, 0.1) is 5.92 Å². The number of amides is 1. The van der Waals surface area contributed by atoms with Crippen molar-refractivity contribution in [1.29, 1.82) is 0 Å². The van der Waals surface area contributed by atoms with Gasteiger partial charge in [-0.05, 0) is 55.9 Å². The Bertz CT molecular complexity index is 1020. The Hall–Kier alpha value is -2.76. The Kier molecular flexibility index (Phi) is 6.43. The monoisotopic (exact) mass is 443 g/mol. The molecule has 1 saturated heterocycles. The summed E-state index contributed by atoms with van der Waals surface area (Å²) in [5.74, 6) is 0.314. The number of hydrogen-bond donors (Lipinski definition) is 0. The summed E-state index contributed by atoms with van der Waals surface area (Å²) in [6.45, 7) is 6.08.